The van der Waals surface area contributed by atoms with Gasteiger partial charge in [0.15, 0.2) is 5.82 Å². The minimum atomic E-state index is -0.516. The SMILES string of the molecule is COc1ccc(CN(Cc2ccco2)[C@H](c2cc3cc(C)c(C)cc3[nH]c2=O)c2nnnn2C2CCCC2)cc1. The maximum Gasteiger partial charge on any atom is 0.253 e. The second-order valence-electron chi connectivity index (χ2n) is 10.7. The van der Waals surface area contributed by atoms with Crippen molar-refractivity contribution in [2.45, 2.75) is 64.7 Å². The molecular weight excluding hydrogens is 504 g/mol. The van der Waals surface area contributed by atoms with Crippen LogP contribution in [0.3, 0.4) is 0 Å². The second kappa shape index (κ2) is 11.1. The molecule has 1 aliphatic rings. The molecule has 0 radical (unpaired) electrons. The monoisotopic (exact) mass is 538 g/mol. The summed E-state index contributed by atoms with van der Waals surface area (Å²) in [4.78, 5) is 19.2. The number of rotatable bonds is 9. The number of aromatic nitrogens is 5. The van der Waals surface area contributed by atoms with E-state index in [4.69, 9.17) is 9.15 Å². The number of fused-ring (bicyclic) bond motifs is 1. The Labute approximate surface area is 232 Å². The van der Waals surface area contributed by atoms with Gasteiger partial charge < -0.3 is 14.1 Å². The number of pyridine rings is 1. The summed E-state index contributed by atoms with van der Waals surface area (Å²) < 4.78 is 13.1. The smallest absolute Gasteiger partial charge is 0.253 e. The molecule has 1 saturated carbocycles. The number of hydrogen-bond acceptors (Lipinski definition) is 7. The second-order valence-corrected chi connectivity index (χ2v) is 10.7. The number of aryl methyl sites for hydroxylation is 2. The minimum Gasteiger partial charge on any atom is -0.497 e. The summed E-state index contributed by atoms with van der Waals surface area (Å²) in [7, 11) is 1.66. The number of nitrogens with zero attached hydrogens (tertiary/aromatic N) is 5. The first-order valence-electron chi connectivity index (χ1n) is 13.8. The molecule has 3 aromatic heterocycles. The van der Waals surface area contributed by atoms with Crippen molar-refractivity contribution in [3.8, 4) is 5.75 Å². The lowest BCUT2D eigenvalue weighted by Crippen LogP contribution is -2.35. The highest BCUT2D eigenvalue weighted by atomic mass is 16.5. The molecule has 40 heavy (non-hydrogen) atoms. The normalized spacial score (nSPS) is 14.8. The number of H-pyrrole nitrogens is 1. The average molecular weight is 539 g/mol. The zero-order valence-corrected chi connectivity index (χ0v) is 23.1. The number of benzene rings is 2. The Morgan fingerprint density at radius 2 is 1.85 bits per heavy atom. The quantitative estimate of drug-likeness (QED) is 0.259. The molecule has 0 saturated heterocycles. The molecule has 1 fully saturated rings. The van der Waals surface area contributed by atoms with Crippen molar-refractivity contribution in [1.82, 2.24) is 30.1 Å². The number of ether oxygens (including phenoxy) is 1. The molecule has 1 aliphatic carbocycles. The molecular formula is C31H34N6O3. The van der Waals surface area contributed by atoms with Gasteiger partial charge in [0.05, 0.1) is 26.0 Å². The fourth-order valence-corrected chi connectivity index (χ4v) is 5.79. The molecule has 0 unspecified atom stereocenters. The highest BCUT2D eigenvalue weighted by Gasteiger charge is 2.34. The zero-order chi connectivity index (χ0) is 27.6. The van der Waals surface area contributed by atoms with Crippen LogP contribution in [0.2, 0.25) is 0 Å². The molecule has 9 nitrogen and oxygen atoms in total. The van der Waals surface area contributed by atoms with Gasteiger partial charge in [-0.05, 0) is 102 Å². The summed E-state index contributed by atoms with van der Waals surface area (Å²) in [6.07, 6.45) is 6.01. The molecule has 6 rings (SSSR count). The van der Waals surface area contributed by atoms with Gasteiger partial charge in [-0.1, -0.05) is 25.0 Å². The molecule has 3 heterocycles. The van der Waals surface area contributed by atoms with Crippen LogP contribution in [0.4, 0.5) is 0 Å². The first-order chi connectivity index (χ1) is 19.5. The molecule has 0 aliphatic heterocycles. The van der Waals surface area contributed by atoms with E-state index in [1.807, 2.05) is 53.2 Å². The Balaban J connectivity index is 1.52. The van der Waals surface area contributed by atoms with E-state index in [2.05, 4.69) is 45.3 Å². The number of nitrogens with one attached hydrogen (secondary N) is 1. The fraction of sp³-hybridized carbons (Fsp3) is 0.355. The third-order valence-electron chi connectivity index (χ3n) is 8.06. The summed E-state index contributed by atoms with van der Waals surface area (Å²) in [5, 5.41) is 14.1. The number of furan rings is 1. The third kappa shape index (κ3) is 5.16. The standard InChI is InChI=1S/C31H34N6O3/c1-20-15-23-17-27(31(38)32-28(23)16-21(20)2)29(30-33-34-35-37(30)24-7-4-5-8-24)36(19-26-9-6-14-40-26)18-22-10-12-25(39-3)13-11-22/h6,9-17,24,29H,4-5,7-8,18-19H2,1-3H3,(H,32,38)/t29-/m1/s1. The lowest BCUT2D eigenvalue weighted by atomic mass is 9.99. The highest BCUT2D eigenvalue weighted by molar-refractivity contribution is 5.81. The minimum absolute atomic E-state index is 0.152. The third-order valence-corrected chi connectivity index (χ3v) is 8.06. The molecule has 1 N–H and O–H groups in total. The van der Waals surface area contributed by atoms with Crippen molar-refractivity contribution in [1.29, 1.82) is 0 Å². The fourth-order valence-electron chi connectivity index (χ4n) is 5.79. The van der Waals surface area contributed by atoms with Gasteiger partial charge >= 0.3 is 0 Å². The Hall–Kier alpha value is -4.24. The summed E-state index contributed by atoms with van der Waals surface area (Å²) in [6, 6.07) is 17.7. The van der Waals surface area contributed by atoms with Gasteiger partial charge in [0.25, 0.3) is 5.56 Å². The van der Waals surface area contributed by atoms with Crippen LogP contribution < -0.4 is 10.3 Å². The topological polar surface area (TPSA) is 102 Å². The molecule has 1 atom stereocenters. The van der Waals surface area contributed by atoms with Gasteiger partial charge in [-0.3, -0.25) is 9.69 Å². The summed E-state index contributed by atoms with van der Waals surface area (Å²) in [6.45, 7) is 5.15. The van der Waals surface area contributed by atoms with Gasteiger partial charge in [0.2, 0.25) is 0 Å². The van der Waals surface area contributed by atoms with Crippen LogP contribution in [0.5, 0.6) is 5.75 Å². The van der Waals surface area contributed by atoms with Crippen molar-refractivity contribution in [2.24, 2.45) is 0 Å². The maximum atomic E-state index is 13.8. The molecule has 0 bridgehead atoms. The van der Waals surface area contributed by atoms with E-state index < -0.39 is 6.04 Å². The first kappa shape index (κ1) is 26.0. The summed E-state index contributed by atoms with van der Waals surface area (Å²) >= 11 is 0. The Kier molecular flexibility index (Phi) is 7.21. The Bertz CT molecular complexity index is 1650. The van der Waals surface area contributed by atoms with E-state index in [9.17, 15) is 4.79 Å². The number of hydrogen-bond donors (Lipinski definition) is 1. The average Bonchev–Trinajstić information content (AvgIpc) is 3.74. The highest BCUT2D eigenvalue weighted by Crippen LogP contribution is 2.35. The van der Waals surface area contributed by atoms with Crippen molar-refractivity contribution in [3.05, 3.63) is 105 Å². The number of tetrazole rings is 1. The van der Waals surface area contributed by atoms with Gasteiger partial charge in [0, 0.05) is 17.6 Å². The zero-order valence-electron chi connectivity index (χ0n) is 23.1. The number of methoxy groups -OCH3 is 1. The van der Waals surface area contributed by atoms with E-state index >= 15 is 0 Å². The Morgan fingerprint density at radius 1 is 1.07 bits per heavy atom. The molecule has 2 aromatic carbocycles. The van der Waals surface area contributed by atoms with E-state index in [0.717, 1.165) is 59.2 Å². The Morgan fingerprint density at radius 3 is 2.58 bits per heavy atom. The van der Waals surface area contributed by atoms with Crippen LogP contribution in [-0.4, -0.2) is 37.2 Å². The van der Waals surface area contributed by atoms with Gasteiger partial charge in [-0.2, -0.15) is 0 Å². The van der Waals surface area contributed by atoms with E-state index in [0.29, 0.717) is 24.5 Å². The van der Waals surface area contributed by atoms with Crippen molar-refractivity contribution in [3.63, 3.8) is 0 Å². The van der Waals surface area contributed by atoms with E-state index in [1.165, 1.54) is 5.56 Å². The van der Waals surface area contributed by atoms with Crippen molar-refractivity contribution >= 4 is 10.9 Å². The lowest BCUT2D eigenvalue weighted by molar-refractivity contribution is 0.176. The van der Waals surface area contributed by atoms with Crippen LogP contribution in [0.15, 0.2) is 70.1 Å². The van der Waals surface area contributed by atoms with Crippen LogP contribution in [0, 0.1) is 13.8 Å². The van der Waals surface area contributed by atoms with Crippen LogP contribution in [-0.2, 0) is 13.1 Å². The molecule has 9 heteroatoms. The number of aromatic amines is 1. The van der Waals surface area contributed by atoms with Crippen molar-refractivity contribution < 1.29 is 9.15 Å². The van der Waals surface area contributed by atoms with Crippen LogP contribution in [0.1, 0.15) is 71.6 Å². The van der Waals surface area contributed by atoms with Crippen LogP contribution in [0.25, 0.3) is 10.9 Å². The molecule has 0 spiro atoms. The lowest BCUT2D eigenvalue weighted by Gasteiger charge is -2.31. The van der Waals surface area contributed by atoms with Crippen LogP contribution >= 0.6 is 0 Å². The first-order valence-corrected chi connectivity index (χ1v) is 13.8. The molecule has 206 valence electrons. The maximum absolute atomic E-state index is 13.8. The van der Waals surface area contributed by atoms with E-state index in [1.54, 1.807) is 13.4 Å². The predicted octanol–water partition coefficient (Wildman–Crippen LogP) is 5.64. The molecule has 0 amide bonds. The summed E-state index contributed by atoms with van der Waals surface area (Å²) in [5.41, 5.74) is 4.64. The van der Waals surface area contributed by atoms with Gasteiger partial charge in [0.1, 0.15) is 17.6 Å². The van der Waals surface area contributed by atoms with Crippen molar-refractivity contribution in [2.75, 3.05) is 7.11 Å². The van der Waals surface area contributed by atoms with E-state index in [-0.39, 0.29) is 11.6 Å². The van der Waals surface area contributed by atoms with Gasteiger partial charge in [-0.15, -0.1) is 5.10 Å². The summed E-state index contributed by atoms with van der Waals surface area (Å²) in [5.74, 6) is 2.25. The molecule has 5 aromatic rings. The predicted molar refractivity (Wildman–Crippen MR) is 152 cm³/mol. The largest absolute Gasteiger partial charge is 0.497 e. The van der Waals surface area contributed by atoms with Gasteiger partial charge in [-0.25, -0.2) is 4.68 Å².